The number of anilines is 1. The maximum Gasteiger partial charge on any atom is 0.283 e. The van der Waals surface area contributed by atoms with Gasteiger partial charge in [0.15, 0.2) is 9.45 Å². The molecule has 1 aliphatic heterocycles. The van der Waals surface area contributed by atoms with Crippen molar-refractivity contribution in [2.45, 2.75) is 30.0 Å². The predicted octanol–water partition coefficient (Wildman–Crippen LogP) is 6.20. The van der Waals surface area contributed by atoms with Crippen LogP contribution in [0, 0.1) is 24.0 Å². The summed E-state index contributed by atoms with van der Waals surface area (Å²) in [4.78, 5) is 43.8. The Balaban J connectivity index is 1.45. The summed E-state index contributed by atoms with van der Waals surface area (Å²) in [6.07, 6.45) is 1.34. The Bertz CT molecular complexity index is 1750. The van der Waals surface area contributed by atoms with Crippen LogP contribution in [0.4, 0.5) is 11.4 Å². The topological polar surface area (TPSA) is 115 Å². The van der Waals surface area contributed by atoms with Gasteiger partial charge in [0, 0.05) is 6.07 Å². The number of nitro benzene ring substituents is 1. The maximum atomic E-state index is 13.4. The molecular weight excluding hydrogens is 569 g/mol. The van der Waals surface area contributed by atoms with E-state index >= 15 is 0 Å². The average Bonchev–Trinajstić information content (AvgIpc) is 3.31. The Kier molecular flexibility index (Phi) is 7.66. The van der Waals surface area contributed by atoms with E-state index in [4.69, 9.17) is 17.0 Å². The molecule has 40 heavy (non-hydrogen) atoms. The number of ether oxygens (including phenoxy) is 1. The minimum Gasteiger partial charge on any atom is -0.494 e. The number of hydrogen-bond donors (Lipinski definition) is 1. The Morgan fingerprint density at radius 1 is 1.12 bits per heavy atom. The summed E-state index contributed by atoms with van der Waals surface area (Å²) in [5.41, 5.74) is 3.27. The number of fused-ring (bicyclic) bond motifs is 1. The number of aryl methyl sites for hydroxylation is 2. The molecule has 3 aromatic carbocycles. The van der Waals surface area contributed by atoms with E-state index in [1.54, 1.807) is 18.2 Å². The summed E-state index contributed by atoms with van der Waals surface area (Å²) in [5.74, 6) is -0.548. The molecule has 0 atom stereocenters. The zero-order chi connectivity index (χ0) is 28.6. The number of hydrogen-bond acceptors (Lipinski definition) is 9. The molecule has 0 spiro atoms. The number of aromatic nitrogens is 1. The van der Waals surface area contributed by atoms with Crippen molar-refractivity contribution in [1.29, 1.82) is 0 Å². The fourth-order valence-electron chi connectivity index (χ4n) is 4.05. The van der Waals surface area contributed by atoms with E-state index in [2.05, 4.69) is 10.3 Å². The molecule has 9 nitrogen and oxygen atoms in total. The van der Waals surface area contributed by atoms with E-state index in [1.165, 1.54) is 40.1 Å². The molecule has 0 radical (unpaired) electrons. The number of nitrogens with zero attached hydrogens (tertiary/aromatic N) is 3. The van der Waals surface area contributed by atoms with Crippen LogP contribution < -0.4 is 15.0 Å². The lowest BCUT2D eigenvalue weighted by molar-refractivity contribution is -0.387. The Labute approximate surface area is 243 Å². The highest BCUT2D eigenvalue weighted by molar-refractivity contribution is 8.01. The standard InChI is InChI=1S/C28H22N4O5S3/c1-4-37-19-8-9-21-24(14-19)40-28(29-21)39-23-10-6-17(13-22(23)32(35)36)12-20-25(33)30-27(38)31(26(20)34)18-7-5-15(2)16(3)11-18/h5-14H,4H2,1-3H3,(H,30,33,38)/b20-12+. The predicted molar refractivity (Wildman–Crippen MR) is 160 cm³/mol. The molecule has 202 valence electrons. The number of nitro groups is 1. The minimum absolute atomic E-state index is 0.0302. The van der Waals surface area contributed by atoms with Gasteiger partial charge in [-0.2, -0.15) is 0 Å². The van der Waals surface area contributed by atoms with Crippen LogP contribution >= 0.6 is 35.3 Å². The number of nitrogens with one attached hydrogen (secondary N) is 1. The zero-order valence-corrected chi connectivity index (χ0v) is 24.0. The molecular formula is C28H22N4O5S3. The first-order valence-corrected chi connectivity index (χ1v) is 14.2. The number of carbonyl (C=O) groups is 2. The lowest BCUT2D eigenvalue weighted by Crippen LogP contribution is -2.54. The van der Waals surface area contributed by atoms with E-state index in [1.807, 2.05) is 51.1 Å². The smallest absolute Gasteiger partial charge is 0.283 e. The SMILES string of the molecule is CCOc1ccc2nc(Sc3ccc(/C=C4\C(=O)NC(=S)N(c5ccc(C)c(C)c5)C4=O)cc3[N+](=O)[O-])sc2c1. The van der Waals surface area contributed by atoms with Crippen molar-refractivity contribution >= 4 is 79.9 Å². The molecule has 4 aromatic rings. The van der Waals surface area contributed by atoms with Gasteiger partial charge in [-0.15, -0.1) is 11.3 Å². The third-order valence-corrected chi connectivity index (χ3v) is 8.62. The first-order valence-electron chi connectivity index (χ1n) is 12.1. The van der Waals surface area contributed by atoms with E-state index in [-0.39, 0.29) is 16.4 Å². The maximum absolute atomic E-state index is 13.4. The van der Waals surface area contributed by atoms with E-state index in [0.717, 1.165) is 27.1 Å². The third-order valence-electron chi connectivity index (χ3n) is 6.19. The zero-order valence-electron chi connectivity index (χ0n) is 21.6. The first kappa shape index (κ1) is 27.4. The summed E-state index contributed by atoms with van der Waals surface area (Å²) in [5, 5.41) is 14.5. The molecule has 0 aliphatic carbocycles. The van der Waals surface area contributed by atoms with Crippen LogP contribution in [0.3, 0.4) is 0 Å². The lowest BCUT2D eigenvalue weighted by atomic mass is 10.0. The van der Waals surface area contributed by atoms with Gasteiger partial charge in [0.25, 0.3) is 17.5 Å². The van der Waals surface area contributed by atoms with Crippen molar-refractivity contribution in [3.8, 4) is 5.75 Å². The minimum atomic E-state index is -0.669. The highest BCUT2D eigenvalue weighted by atomic mass is 32.2. The number of rotatable bonds is 7. The number of benzene rings is 3. The summed E-state index contributed by atoms with van der Waals surface area (Å²) in [6, 6.07) is 15.5. The molecule has 12 heteroatoms. The highest BCUT2D eigenvalue weighted by Gasteiger charge is 2.34. The summed E-state index contributed by atoms with van der Waals surface area (Å²) >= 11 is 7.86. The average molecular weight is 591 g/mol. The van der Waals surface area contributed by atoms with Gasteiger partial charge < -0.3 is 4.74 Å². The van der Waals surface area contributed by atoms with Gasteiger partial charge in [0.2, 0.25) is 0 Å². The van der Waals surface area contributed by atoms with Gasteiger partial charge in [0.1, 0.15) is 11.3 Å². The van der Waals surface area contributed by atoms with Gasteiger partial charge in [-0.05, 0) is 92.2 Å². The van der Waals surface area contributed by atoms with Crippen molar-refractivity contribution in [3.63, 3.8) is 0 Å². The lowest BCUT2D eigenvalue weighted by Gasteiger charge is -2.29. The molecule has 2 amide bonds. The van der Waals surface area contributed by atoms with Gasteiger partial charge in [-0.1, -0.05) is 23.9 Å². The van der Waals surface area contributed by atoms with Crippen LogP contribution in [0.2, 0.25) is 0 Å². The van der Waals surface area contributed by atoms with Crippen LogP contribution in [0.5, 0.6) is 5.75 Å². The van der Waals surface area contributed by atoms with Crippen LogP contribution in [0.15, 0.2) is 69.4 Å². The fourth-order valence-corrected chi connectivity index (χ4v) is 6.47. The number of thiocarbonyl (C=S) groups is 1. The summed E-state index contributed by atoms with van der Waals surface area (Å²) < 4.78 is 7.09. The fraction of sp³-hybridized carbons (Fsp3) is 0.143. The van der Waals surface area contributed by atoms with Gasteiger partial charge in [-0.25, -0.2) is 4.98 Å². The second-order valence-corrected chi connectivity index (χ2v) is 11.6. The van der Waals surface area contributed by atoms with Crippen molar-refractivity contribution < 1.29 is 19.2 Å². The summed E-state index contributed by atoms with van der Waals surface area (Å²) in [7, 11) is 0. The van der Waals surface area contributed by atoms with E-state index in [0.29, 0.717) is 27.1 Å². The Hall–Kier alpha value is -4.13. The molecule has 5 rings (SSSR count). The molecule has 0 bridgehead atoms. The second kappa shape index (κ2) is 11.2. The monoisotopic (exact) mass is 590 g/mol. The van der Waals surface area contributed by atoms with Crippen molar-refractivity contribution in [2.75, 3.05) is 11.5 Å². The van der Waals surface area contributed by atoms with Gasteiger partial charge in [-0.3, -0.25) is 29.9 Å². The molecule has 1 N–H and O–H groups in total. The number of thiazole rings is 1. The quantitative estimate of drug-likeness (QED) is 0.0889. The number of amides is 2. The molecule has 1 saturated heterocycles. The van der Waals surface area contributed by atoms with Crippen LogP contribution in [-0.4, -0.2) is 33.4 Å². The molecule has 1 aromatic heterocycles. The number of carbonyl (C=O) groups excluding carboxylic acids is 2. The van der Waals surface area contributed by atoms with E-state index in [9.17, 15) is 19.7 Å². The Morgan fingerprint density at radius 2 is 1.93 bits per heavy atom. The molecule has 1 fully saturated rings. The highest BCUT2D eigenvalue weighted by Crippen LogP contribution is 2.40. The summed E-state index contributed by atoms with van der Waals surface area (Å²) in [6.45, 7) is 6.32. The van der Waals surface area contributed by atoms with Crippen molar-refractivity contribution in [1.82, 2.24) is 10.3 Å². The Morgan fingerprint density at radius 3 is 2.65 bits per heavy atom. The third kappa shape index (κ3) is 5.46. The van der Waals surface area contributed by atoms with E-state index < -0.39 is 16.7 Å². The van der Waals surface area contributed by atoms with Gasteiger partial charge in [0.05, 0.1) is 32.3 Å². The molecule has 2 heterocycles. The molecule has 0 unspecified atom stereocenters. The van der Waals surface area contributed by atoms with Crippen LogP contribution in [0.1, 0.15) is 23.6 Å². The second-order valence-electron chi connectivity index (χ2n) is 8.86. The first-order chi connectivity index (χ1) is 19.1. The molecule has 0 saturated carbocycles. The normalized spacial score (nSPS) is 14.6. The van der Waals surface area contributed by atoms with Gasteiger partial charge >= 0.3 is 0 Å². The molecule has 1 aliphatic rings. The largest absolute Gasteiger partial charge is 0.494 e. The van der Waals surface area contributed by atoms with Crippen molar-refractivity contribution in [3.05, 3.63) is 87.0 Å². The van der Waals surface area contributed by atoms with Crippen molar-refractivity contribution in [2.24, 2.45) is 0 Å². The van der Waals surface area contributed by atoms with Crippen LogP contribution in [0.25, 0.3) is 16.3 Å². The van der Waals surface area contributed by atoms with Crippen LogP contribution in [-0.2, 0) is 9.59 Å².